The highest BCUT2D eigenvalue weighted by Crippen LogP contribution is 2.19. The van der Waals surface area contributed by atoms with Crippen LogP contribution in [-0.2, 0) is 4.79 Å². The van der Waals surface area contributed by atoms with Crippen molar-refractivity contribution in [2.75, 3.05) is 19.7 Å². The van der Waals surface area contributed by atoms with Gasteiger partial charge in [-0.05, 0) is 43.5 Å². The summed E-state index contributed by atoms with van der Waals surface area (Å²) in [5, 5.41) is 0. The van der Waals surface area contributed by atoms with Crippen molar-refractivity contribution in [1.29, 1.82) is 0 Å². The molecule has 0 radical (unpaired) electrons. The van der Waals surface area contributed by atoms with Gasteiger partial charge in [0.2, 0.25) is 5.91 Å². The van der Waals surface area contributed by atoms with E-state index in [1.807, 2.05) is 11.8 Å². The quantitative estimate of drug-likeness (QED) is 0.728. The van der Waals surface area contributed by atoms with Gasteiger partial charge in [0, 0.05) is 37.5 Å². The molecule has 1 aromatic carbocycles. The number of carbonyl (C=O) groups excluding carboxylic acids is 2. The molecule has 0 aliphatic carbocycles. The summed E-state index contributed by atoms with van der Waals surface area (Å²) in [6, 6.07) is 7.27. The van der Waals surface area contributed by atoms with E-state index in [0.717, 1.165) is 31.6 Å². The summed E-state index contributed by atoms with van der Waals surface area (Å²) in [4.78, 5) is 26.3. The molecule has 2 rings (SSSR count). The number of nitrogens with zero attached hydrogens (tertiary/aromatic N) is 1. The molecule has 0 spiro atoms. The Morgan fingerprint density at radius 3 is 2.58 bits per heavy atom. The number of rotatable bonds is 8. The van der Waals surface area contributed by atoms with Crippen molar-refractivity contribution in [2.24, 2.45) is 5.73 Å². The number of amides is 1. The third kappa shape index (κ3) is 5.49. The van der Waals surface area contributed by atoms with Gasteiger partial charge in [0.1, 0.15) is 5.75 Å². The van der Waals surface area contributed by atoms with Crippen LogP contribution in [0.3, 0.4) is 0 Å². The number of likely N-dealkylation sites (tertiary alicyclic amines) is 1. The van der Waals surface area contributed by atoms with Gasteiger partial charge in [0.15, 0.2) is 5.78 Å². The lowest BCUT2D eigenvalue weighted by molar-refractivity contribution is -0.131. The summed E-state index contributed by atoms with van der Waals surface area (Å²) < 4.78 is 5.50. The van der Waals surface area contributed by atoms with E-state index in [4.69, 9.17) is 10.5 Å². The molecule has 1 unspecified atom stereocenters. The number of nitrogens with two attached hydrogens (primary N) is 1. The van der Waals surface area contributed by atoms with Crippen LogP contribution >= 0.6 is 12.4 Å². The lowest BCUT2D eigenvalue weighted by atomic mass is 10.1. The molecule has 1 aromatic rings. The van der Waals surface area contributed by atoms with E-state index < -0.39 is 0 Å². The van der Waals surface area contributed by atoms with Crippen LogP contribution in [0, 0.1) is 0 Å². The van der Waals surface area contributed by atoms with Gasteiger partial charge in [-0.1, -0.05) is 6.92 Å². The highest BCUT2D eigenvalue weighted by atomic mass is 35.5. The Balaban J connectivity index is 0.00000288. The molecular formula is C18H27ClN2O3. The minimum absolute atomic E-state index is 0. The number of halogens is 1. The lowest BCUT2D eigenvalue weighted by Crippen LogP contribution is -2.39. The topological polar surface area (TPSA) is 72.6 Å². The summed E-state index contributed by atoms with van der Waals surface area (Å²) in [6.45, 7) is 3.97. The van der Waals surface area contributed by atoms with E-state index in [2.05, 4.69) is 0 Å². The van der Waals surface area contributed by atoms with Crippen LogP contribution in [-0.4, -0.2) is 42.3 Å². The van der Waals surface area contributed by atoms with Crippen LogP contribution in [0.15, 0.2) is 24.3 Å². The van der Waals surface area contributed by atoms with Crippen LogP contribution in [0.1, 0.15) is 49.4 Å². The van der Waals surface area contributed by atoms with E-state index in [-0.39, 0.29) is 43.0 Å². The average Bonchev–Trinajstić information content (AvgIpc) is 3.06. The third-order valence-electron chi connectivity index (χ3n) is 4.18. The molecule has 0 bridgehead atoms. The molecule has 1 heterocycles. The zero-order chi connectivity index (χ0) is 16.7. The normalized spacial score (nSPS) is 16.6. The van der Waals surface area contributed by atoms with Crippen LogP contribution in [0.4, 0.5) is 0 Å². The Hall–Kier alpha value is -1.59. The Morgan fingerprint density at radius 2 is 1.96 bits per heavy atom. The fourth-order valence-electron chi connectivity index (χ4n) is 2.87. The number of ether oxygens (including phenoxy) is 1. The maximum absolute atomic E-state index is 12.2. The number of Topliss-reactive ketones (excluding diaryl/α,β-unsaturated/α-hetero) is 1. The minimum Gasteiger partial charge on any atom is -0.494 e. The summed E-state index contributed by atoms with van der Waals surface area (Å²) >= 11 is 0. The van der Waals surface area contributed by atoms with Gasteiger partial charge in [-0.2, -0.15) is 0 Å². The fourth-order valence-corrected chi connectivity index (χ4v) is 2.87. The molecule has 2 N–H and O–H groups in total. The number of carbonyl (C=O) groups is 2. The summed E-state index contributed by atoms with van der Waals surface area (Å²) in [6.07, 6.45) is 3.41. The van der Waals surface area contributed by atoms with E-state index in [1.165, 1.54) is 0 Å². The number of hydrogen-bond acceptors (Lipinski definition) is 4. The first kappa shape index (κ1) is 20.5. The molecular weight excluding hydrogens is 328 g/mol. The van der Waals surface area contributed by atoms with Crippen molar-refractivity contribution in [2.45, 2.75) is 45.1 Å². The van der Waals surface area contributed by atoms with Gasteiger partial charge in [-0.15, -0.1) is 12.4 Å². The van der Waals surface area contributed by atoms with Crippen LogP contribution in [0.2, 0.25) is 0 Å². The van der Waals surface area contributed by atoms with E-state index in [9.17, 15) is 9.59 Å². The highest BCUT2D eigenvalue weighted by molar-refractivity contribution is 5.98. The standard InChI is InChI=1S/C18H26N2O3.ClH/c1-2-12-23-16-7-5-14(6-8-16)17(21)9-10-18(22)20-11-3-4-15(20)13-19;/h5-8,15H,2-4,9-13,19H2,1H3;1H. The molecule has 1 saturated heterocycles. The van der Waals surface area contributed by atoms with Crippen LogP contribution < -0.4 is 10.5 Å². The van der Waals surface area contributed by atoms with Crippen molar-refractivity contribution in [1.82, 2.24) is 4.90 Å². The highest BCUT2D eigenvalue weighted by Gasteiger charge is 2.27. The first-order valence-corrected chi connectivity index (χ1v) is 8.41. The predicted molar refractivity (Wildman–Crippen MR) is 96.8 cm³/mol. The van der Waals surface area contributed by atoms with Gasteiger partial charge < -0.3 is 15.4 Å². The molecule has 0 aromatic heterocycles. The second-order valence-corrected chi connectivity index (χ2v) is 5.91. The van der Waals surface area contributed by atoms with Crippen molar-refractivity contribution in [3.63, 3.8) is 0 Å². The van der Waals surface area contributed by atoms with E-state index >= 15 is 0 Å². The van der Waals surface area contributed by atoms with Crippen molar-refractivity contribution in [3.05, 3.63) is 29.8 Å². The second-order valence-electron chi connectivity index (χ2n) is 5.91. The molecule has 1 amide bonds. The zero-order valence-corrected chi connectivity index (χ0v) is 15.0. The van der Waals surface area contributed by atoms with Crippen LogP contribution in [0.25, 0.3) is 0 Å². The first-order chi connectivity index (χ1) is 11.2. The first-order valence-electron chi connectivity index (χ1n) is 8.41. The predicted octanol–water partition coefficient (Wildman–Crippen LogP) is 2.81. The number of hydrogen-bond donors (Lipinski definition) is 1. The molecule has 24 heavy (non-hydrogen) atoms. The Morgan fingerprint density at radius 1 is 1.25 bits per heavy atom. The minimum atomic E-state index is -0.0103. The smallest absolute Gasteiger partial charge is 0.223 e. The molecule has 1 aliphatic heterocycles. The van der Waals surface area contributed by atoms with Gasteiger partial charge in [0.05, 0.1) is 6.61 Å². The molecule has 6 heteroatoms. The van der Waals surface area contributed by atoms with Gasteiger partial charge in [0.25, 0.3) is 0 Å². The van der Waals surface area contributed by atoms with E-state index in [1.54, 1.807) is 24.3 Å². The van der Waals surface area contributed by atoms with Gasteiger partial charge in [-0.3, -0.25) is 9.59 Å². The molecule has 1 fully saturated rings. The third-order valence-corrected chi connectivity index (χ3v) is 4.18. The largest absolute Gasteiger partial charge is 0.494 e. The fraction of sp³-hybridized carbons (Fsp3) is 0.556. The van der Waals surface area contributed by atoms with E-state index in [0.29, 0.717) is 18.7 Å². The number of benzene rings is 1. The van der Waals surface area contributed by atoms with Crippen LogP contribution in [0.5, 0.6) is 5.75 Å². The second kappa shape index (κ2) is 10.3. The lowest BCUT2D eigenvalue weighted by Gasteiger charge is -2.23. The van der Waals surface area contributed by atoms with Gasteiger partial charge in [-0.25, -0.2) is 0 Å². The monoisotopic (exact) mass is 354 g/mol. The summed E-state index contributed by atoms with van der Waals surface area (Å²) in [5.41, 5.74) is 6.31. The maximum atomic E-state index is 12.2. The van der Waals surface area contributed by atoms with Gasteiger partial charge >= 0.3 is 0 Å². The SMILES string of the molecule is CCCOc1ccc(C(=O)CCC(=O)N2CCCC2CN)cc1.Cl. The van der Waals surface area contributed by atoms with Crippen molar-refractivity contribution < 1.29 is 14.3 Å². The Labute approximate surface area is 149 Å². The van der Waals surface area contributed by atoms with Crippen molar-refractivity contribution >= 4 is 24.1 Å². The Kier molecular flexibility index (Phi) is 8.79. The molecule has 134 valence electrons. The molecule has 1 atom stereocenters. The molecule has 1 aliphatic rings. The maximum Gasteiger partial charge on any atom is 0.223 e. The molecule has 5 nitrogen and oxygen atoms in total. The number of ketones is 1. The van der Waals surface area contributed by atoms with Crippen molar-refractivity contribution in [3.8, 4) is 5.75 Å². The zero-order valence-electron chi connectivity index (χ0n) is 14.2. The Bertz CT molecular complexity index is 534. The summed E-state index contributed by atoms with van der Waals surface area (Å²) in [7, 11) is 0. The molecule has 0 saturated carbocycles. The summed E-state index contributed by atoms with van der Waals surface area (Å²) in [5.74, 6) is 0.792. The average molecular weight is 355 g/mol.